The molecule has 1 aromatic carbocycles. The number of benzene rings is 1. The van der Waals surface area contributed by atoms with Crippen LogP contribution in [0.4, 0.5) is 5.69 Å². The summed E-state index contributed by atoms with van der Waals surface area (Å²) in [6, 6.07) is 3.06. The topological polar surface area (TPSA) is 108 Å². The van der Waals surface area contributed by atoms with Gasteiger partial charge in [-0.1, -0.05) is 0 Å². The van der Waals surface area contributed by atoms with Gasteiger partial charge in [0, 0.05) is 0 Å². The fourth-order valence-electron chi connectivity index (χ4n) is 1.41. The van der Waals surface area contributed by atoms with Gasteiger partial charge in [-0.05, 0) is 12.1 Å². The molecule has 0 aliphatic carbocycles. The molecule has 0 unspecified atom stereocenters. The Morgan fingerprint density at radius 3 is 2.82 bits per heavy atom. The highest BCUT2D eigenvalue weighted by Crippen LogP contribution is 2.36. The zero-order valence-corrected chi connectivity index (χ0v) is 9.48. The summed E-state index contributed by atoms with van der Waals surface area (Å²) < 4.78 is 5.41. The molecule has 2 N–H and O–H groups in total. The van der Waals surface area contributed by atoms with Gasteiger partial charge in [0.15, 0.2) is 16.3 Å². The molecule has 17 heavy (non-hydrogen) atoms. The predicted octanol–water partition coefficient (Wildman–Crippen LogP) is 1.31. The van der Waals surface area contributed by atoms with E-state index in [-0.39, 0.29) is 22.0 Å². The van der Waals surface area contributed by atoms with Crippen molar-refractivity contribution in [3.8, 4) is 5.75 Å². The Morgan fingerprint density at radius 1 is 1.59 bits per heavy atom. The number of nitro groups is 1. The normalized spacial score (nSPS) is 10.4. The minimum Gasteiger partial charge on any atom is -0.490 e. The van der Waals surface area contributed by atoms with Gasteiger partial charge >= 0.3 is 5.69 Å². The summed E-state index contributed by atoms with van der Waals surface area (Å²) >= 11 is 1.01. The number of nitro benzene ring substituents is 1. The predicted molar refractivity (Wildman–Crippen MR) is 61.3 cm³/mol. The Kier molecular flexibility index (Phi) is 2.64. The standard InChI is InChI=1S/C9H7N3O4S/c1-16-4-2-3-5-6(7(4)12(14)15)11-9(17-5)8(10)13/h2-3H,1H3,(H2,10,13). The van der Waals surface area contributed by atoms with Gasteiger partial charge in [0.05, 0.1) is 16.7 Å². The molecule has 1 heterocycles. The molecule has 0 saturated heterocycles. The van der Waals surface area contributed by atoms with Crippen molar-refractivity contribution in [2.45, 2.75) is 0 Å². The third kappa shape index (κ3) is 1.78. The van der Waals surface area contributed by atoms with Crippen molar-refractivity contribution in [3.63, 3.8) is 0 Å². The van der Waals surface area contributed by atoms with Crippen LogP contribution in [0.25, 0.3) is 10.2 Å². The average molecular weight is 253 g/mol. The number of aromatic nitrogens is 1. The van der Waals surface area contributed by atoms with Crippen molar-refractivity contribution in [3.05, 3.63) is 27.3 Å². The lowest BCUT2D eigenvalue weighted by Gasteiger charge is -2.00. The molecule has 0 saturated carbocycles. The third-order valence-corrected chi connectivity index (χ3v) is 3.15. The Labute approximate surface area is 99.0 Å². The first kappa shape index (κ1) is 11.3. The van der Waals surface area contributed by atoms with E-state index < -0.39 is 10.8 Å². The number of primary amides is 1. The highest BCUT2D eigenvalue weighted by molar-refractivity contribution is 7.20. The molecule has 0 radical (unpaired) electrons. The summed E-state index contributed by atoms with van der Waals surface area (Å²) in [6.07, 6.45) is 0. The number of thiazole rings is 1. The number of hydrogen-bond acceptors (Lipinski definition) is 6. The van der Waals surface area contributed by atoms with Crippen molar-refractivity contribution >= 4 is 33.1 Å². The summed E-state index contributed by atoms with van der Waals surface area (Å²) in [5, 5.41) is 11.0. The Hall–Kier alpha value is -2.22. The Balaban J connectivity index is 2.80. The molecule has 2 aromatic rings. The van der Waals surface area contributed by atoms with Crippen LogP contribution in [0.5, 0.6) is 5.75 Å². The van der Waals surface area contributed by atoms with E-state index in [1.54, 1.807) is 6.07 Å². The zero-order valence-electron chi connectivity index (χ0n) is 8.67. The number of nitrogens with zero attached hydrogens (tertiary/aromatic N) is 2. The molecule has 2 rings (SSSR count). The monoisotopic (exact) mass is 253 g/mol. The molecular formula is C9H7N3O4S. The van der Waals surface area contributed by atoms with Gasteiger partial charge in [-0.3, -0.25) is 14.9 Å². The Bertz CT molecular complexity index is 622. The molecule has 0 aliphatic rings. The number of ether oxygens (including phenoxy) is 1. The minimum absolute atomic E-state index is 0.0383. The van der Waals surface area contributed by atoms with E-state index in [1.807, 2.05) is 0 Å². The van der Waals surface area contributed by atoms with E-state index in [1.165, 1.54) is 13.2 Å². The molecule has 0 aliphatic heterocycles. The van der Waals surface area contributed by atoms with Crippen molar-refractivity contribution in [2.75, 3.05) is 7.11 Å². The maximum atomic E-state index is 11.0. The van der Waals surface area contributed by atoms with Crippen LogP contribution in [0.2, 0.25) is 0 Å². The van der Waals surface area contributed by atoms with Gasteiger partial charge in [-0.25, -0.2) is 4.98 Å². The first-order valence-corrected chi connectivity index (χ1v) is 5.28. The van der Waals surface area contributed by atoms with E-state index in [4.69, 9.17) is 10.5 Å². The SMILES string of the molecule is COc1ccc2sc(C(N)=O)nc2c1[N+](=O)[O-]. The maximum Gasteiger partial charge on any atom is 0.337 e. The highest BCUT2D eigenvalue weighted by atomic mass is 32.1. The average Bonchev–Trinajstić information content (AvgIpc) is 2.70. The van der Waals surface area contributed by atoms with E-state index in [2.05, 4.69) is 4.98 Å². The number of hydrogen-bond donors (Lipinski definition) is 1. The number of fused-ring (bicyclic) bond motifs is 1. The Morgan fingerprint density at radius 2 is 2.29 bits per heavy atom. The van der Waals surface area contributed by atoms with Crippen LogP contribution in [-0.2, 0) is 0 Å². The maximum absolute atomic E-state index is 11.0. The number of methoxy groups -OCH3 is 1. The van der Waals surface area contributed by atoms with E-state index in [0.29, 0.717) is 4.70 Å². The van der Waals surface area contributed by atoms with Gasteiger partial charge in [0.1, 0.15) is 0 Å². The van der Waals surface area contributed by atoms with Gasteiger partial charge < -0.3 is 10.5 Å². The number of rotatable bonds is 3. The second-order valence-electron chi connectivity index (χ2n) is 3.10. The van der Waals surface area contributed by atoms with Gasteiger partial charge in [-0.15, -0.1) is 11.3 Å². The molecule has 7 nitrogen and oxygen atoms in total. The van der Waals surface area contributed by atoms with Crippen LogP contribution in [0.3, 0.4) is 0 Å². The summed E-state index contributed by atoms with van der Waals surface area (Å²) in [5.41, 5.74) is 4.95. The van der Waals surface area contributed by atoms with Gasteiger partial charge in [0.2, 0.25) is 0 Å². The van der Waals surface area contributed by atoms with Crippen LogP contribution >= 0.6 is 11.3 Å². The molecule has 0 spiro atoms. The molecule has 0 atom stereocenters. The van der Waals surface area contributed by atoms with Crippen molar-refractivity contribution in [1.29, 1.82) is 0 Å². The number of amides is 1. The van der Waals surface area contributed by atoms with Crippen molar-refractivity contribution < 1.29 is 14.5 Å². The molecular weight excluding hydrogens is 246 g/mol. The number of nitrogens with two attached hydrogens (primary N) is 1. The van der Waals surface area contributed by atoms with Crippen molar-refractivity contribution in [1.82, 2.24) is 4.98 Å². The fraction of sp³-hybridized carbons (Fsp3) is 0.111. The molecule has 0 fully saturated rings. The number of carbonyl (C=O) groups is 1. The molecule has 88 valence electrons. The van der Waals surface area contributed by atoms with Crippen LogP contribution in [0.1, 0.15) is 9.80 Å². The summed E-state index contributed by atoms with van der Waals surface area (Å²) in [5.74, 6) is -0.608. The van der Waals surface area contributed by atoms with Crippen LogP contribution in [-0.4, -0.2) is 22.9 Å². The quantitative estimate of drug-likeness (QED) is 0.655. The highest BCUT2D eigenvalue weighted by Gasteiger charge is 2.23. The lowest BCUT2D eigenvalue weighted by atomic mass is 10.2. The smallest absolute Gasteiger partial charge is 0.337 e. The van der Waals surface area contributed by atoms with Gasteiger partial charge in [-0.2, -0.15) is 0 Å². The van der Waals surface area contributed by atoms with Crippen LogP contribution in [0, 0.1) is 10.1 Å². The fourth-order valence-corrected chi connectivity index (χ4v) is 2.23. The van der Waals surface area contributed by atoms with Gasteiger partial charge in [0.25, 0.3) is 5.91 Å². The summed E-state index contributed by atoms with van der Waals surface area (Å²) in [7, 11) is 1.33. The zero-order chi connectivity index (χ0) is 12.6. The minimum atomic E-state index is -0.709. The number of carbonyl (C=O) groups excluding carboxylic acids is 1. The summed E-state index contributed by atoms with van der Waals surface area (Å²) in [6.45, 7) is 0. The lowest BCUT2D eigenvalue weighted by molar-refractivity contribution is -0.384. The lowest BCUT2D eigenvalue weighted by Crippen LogP contribution is -2.09. The second kappa shape index (κ2) is 3.98. The first-order valence-electron chi connectivity index (χ1n) is 4.46. The first-order chi connectivity index (χ1) is 8.04. The molecule has 1 aromatic heterocycles. The molecule has 1 amide bonds. The molecule has 0 bridgehead atoms. The molecule has 8 heteroatoms. The second-order valence-corrected chi connectivity index (χ2v) is 4.13. The van der Waals surface area contributed by atoms with Crippen LogP contribution in [0.15, 0.2) is 12.1 Å². The van der Waals surface area contributed by atoms with E-state index >= 15 is 0 Å². The third-order valence-electron chi connectivity index (χ3n) is 2.11. The van der Waals surface area contributed by atoms with Crippen molar-refractivity contribution in [2.24, 2.45) is 5.73 Å². The largest absolute Gasteiger partial charge is 0.490 e. The van der Waals surface area contributed by atoms with E-state index in [0.717, 1.165) is 11.3 Å². The van der Waals surface area contributed by atoms with Crippen LogP contribution < -0.4 is 10.5 Å². The van der Waals surface area contributed by atoms with E-state index in [9.17, 15) is 14.9 Å². The summed E-state index contributed by atoms with van der Waals surface area (Å²) in [4.78, 5) is 25.2.